The number of amides is 2. The van der Waals surface area contributed by atoms with Crippen LogP contribution in [0.4, 0.5) is 5.69 Å². The highest BCUT2D eigenvalue weighted by Gasteiger charge is 2.13. The lowest BCUT2D eigenvalue weighted by Crippen LogP contribution is -2.28. The van der Waals surface area contributed by atoms with E-state index in [1.165, 1.54) is 11.3 Å². The van der Waals surface area contributed by atoms with Crippen LogP contribution in [0.2, 0.25) is 0 Å². The zero-order valence-electron chi connectivity index (χ0n) is 17.5. The summed E-state index contributed by atoms with van der Waals surface area (Å²) in [7, 11) is 0. The van der Waals surface area contributed by atoms with Crippen LogP contribution in [0.5, 0.6) is 11.5 Å². The Hall–Kier alpha value is -3.39. The van der Waals surface area contributed by atoms with Gasteiger partial charge in [0.05, 0.1) is 24.3 Å². The van der Waals surface area contributed by atoms with E-state index in [1.807, 2.05) is 43.5 Å². The molecule has 0 saturated carbocycles. The zero-order valence-corrected chi connectivity index (χ0v) is 18.3. The fourth-order valence-electron chi connectivity index (χ4n) is 2.87. The molecule has 0 spiro atoms. The number of rotatable bonds is 10. The first-order valence-corrected chi connectivity index (χ1v) is 10.9. The van der Waals surface area contributed by atoms with Gasteiger partial charge in [0.25, 0.3) is 5.91 Å². The lowest BCUT2D eigenvalue weighted by molar-refractivity contribution is -0.123. The molecule has 0 fully saturated rings. The average Bonchev–Trinajstić information content (AvgIpc) is 3.21. The number of carbonyl (C=O) groups is 2. The van der Waals surface area contributed by atoms with Gasteiger partial charge in [-0.15, -0.1) is 11.3 Å². The molecule has 0 saturated heterocycles. The zero-order chi connectivity index (χ0) is 22.1. The lowest BCUT2D eigenvalue weighted by atomic mass is 10.2. The smallest absolute Gasteiger partial charge is 0.257 e. The van der Waals surface area contributed by atoms with Gasteiger partial charge < -0.3 is 20.1 Å². The van der Waals surface area contributed by atoms with Crippen LogP contribution in [0, 0.1) is 0 Å². The summed E-state index contributed by atoms with van der Waals surface area (Å²) in [5, 5.41) is 8.20. The predicted molar refractivity (Wildman–Crippen MR) is 122 cm³/mol. The van der Waals surface area contributed by atoms with Crippen LogP contribution < -0.4 is 20.1 Å². The Morgan fingerprint density at radius 3 is 2.68 bits per heavy atom. The summed E-state index contributed by atoms with van der Waals surface area (Å²) in [4.78, 5) is 28.6. The number of anilines is 1. The topological polar surface area (TPSA) is 89.6 Å². The van der Waals surface area contributed by atoms with Gasteiger partial charge in [-0.1, -0.05) is 18.2 Å². The number of nitrogens with zero attached hydrogens (tertiary/aromatic N) is 1. The summed E-state index contributed by atoms with van der Waals surface area (Å²) in [6.45, 7) is 4.83. The molecule has 2 N–H and O–H groups in total. The number of likely N-dealkylation sites (N-methyl/N-ethyl adjacent to an activating group) is 1. The Kier molecular flexibility index (Phi) is 8.00. The fourth-order valence-corrected chi connectivity index (χ4v) is 3.72. The van der Waals surface area contributed by atoms with E-state index in [4.69, 9.17) is 9.47 Å². The number of hydrogen-bond donors (Lipinski definition) is 2. The molecule has 0 aliphatic heterocycles. The van der Waals surface area contributed by atoms with Crippen molar-refractivity contribution in [3.05, 3.63) is 59.6 Å². The SMILES string of the molecule is CCNC(=O)COc1cccc(NC(=O)Cc2csc(-c3ccccc3OCC)n2)c1. The molecule has 1 heterocycles. The Balaban J connectivity index is 1.60. The molecule has 0 unspecified atom stereocenters. The molecule has 8 heteroatoms. The Morgan fingerprint density at radius 1 is 1.03 bits per heavy atom. The lowest BCUT2D eigenvalue weighted by Gasteiger charge is -2.09. The van der Waals surface area contributed by atoms with E-state index in [0.717, 1.165) is 16.3 Å². The molecule has 3 rings (SSSR count). The highest BCUT2D eigenvalue weighted by Crippen LogP contribution is 2.32. The van der Waals surface area contributed by atoms with Gasteiger partial charge in [-0.2, -0.15) is 0 Å². The summed E-state index contributed by atoms with van der Waals surface area (Å²) in [5.41, 5.74) is 2.20. The van der Waals surface area contributed by atoms with E-state index >= 15 is 0 Å². The Bertz CT molecular complexity index is 1030. The third-order valence-electron chi connectivity index (χ3n) is 4.17. The molecule has 0 radical (unpaired) electrons. The van der Waals surface area contributed by atoms with Gasteiger partial charge in [0.2, 0.25) is 5.91 Å². The number of carbonyl (C=O) groups excluding carboxylic acids is 2. The number of aromatic nitrogens is 1. The van der Waals surface area contributed by atoms with Crippen molar-refractivity contribution in [2.24, 2.45) is 0 Å². The average molecular weight is 440 g/mol. The fraction of sp³-hybridized carbons (Fsp3) is 0.261. The van der Waals surface area contributed by atoms with E-state index in [0.29, 0.717) is 30.3 Å². The molecular formula is C23H25N3O4S. The maximum atomic E-state index is 12.5. The molecule has 0 aliphatic rings. The number of hydrogen-bond acceptors (Lipinski definition) is 6. The van der Waals surface area contributed by atoms with Gasteiger partial charge in [-0.25, -0.2) is 4.98 Å². The molecule has 7 nitrogen and oxygen atoms in total. The molecule has 0 atom stereocenters. The molecule has 0 aliphatic carbocycles. The molecule has 1 aromatic heterocycles. The first-order chi connectivity index (χ1) is 15.1. The highest BCUT2D eigenvalue weighted by atomic mass is 32.1. The number of ether oxygens (including phenoxy) is 2. The minimum atomic E-state index is -0.192. The molecule has 2 aromatic carbocycles. The van der Waals surface area contributed by atoms with Gasteiger partial charge in [-0.3, -0.25) is 9.59 Å². The number of benzene rings is 2. The minimum absolute atomic E-state index is 0.0734. The van der Waals surface area contributed by atoms with Crippen LogP contribution in [0.15, 0.2) is 53.9 Å². The third kappa shape index (κ3) is 6.55. The number of nitrogens with one attached hydrogen (secondary N) is 2. The standard InChI is InChI=1S/C23H25N3O4S/c1-3-24-22(28)14-30-18-9-7-8-16(12-18)25-21(27)13-17-15-31-23(26-17)19-10-5-6-11-20(19)29-4-2/h5-12,15H,3-4,13-14H2,1-2H3,(H,24,28)(H,25,27). The van der Waals surface area contributed by atoms with Crippen molar-refractivity contribution in [1.29, 1.82) is 0 Å². The molecule has 31 heavy (non-hydrogen) atoms. The number of thiazole rings is 1. The molecule has 0 bridgehead atoms. The first kappa shape index (κ1) is 22.3. The molecule has 2 amide bonds. The van der Waals surface area contributed by atoms with Crippen LogP contribution in [-0.2, 0) is 16.0 Å². The quantitative estimate of drug-likeness (QED) is 0.500. The monoisotopic (exact) mass is 439 g/mol. The van der Waals surface area contributed by atoms with Gasteiger partial charge in [-0.05, 0) is 38.1 Å². The maximum absolute atomic E-state index is 12.5. The largest absolute Gasteiger partial charge is 0.493 e. The number of para-hydroxylation sites is 1. The second-order valence-corrected chi connectivity index (χ2v) is 7.43. The minimum Gasteiger partial charge on any atom is -0.493 e. The maximum Gasteiger partial charge on any atom is 0.257 e. The van der Waals surface area contributed by atoms with Crippen LogP contribution >= 0.6 is 11.3 Å². The molecular weight excluding hydrogens is 414 g/mol. The Morgan fingerprint density at radius 2 is 1.87 bits per heavy atom. The summed E-state index contributed by atoms with van der Waals surface area (Å²) >= 11 is 1.48. The molecule has 162 valence electrons. The predicted octanol–water partition coefficient (Wildman–Crippen LogP) is 3.90. The summed E-state index contributed by atoms with van der Waals surface area (Å²) in [6.07, 6.45) is 0.150. The van der Waals surface area contributed by atoms with Gasteiger partial charge >= 0.3 is 0 Å². The normalized spacial score (nSPS) is 10.4. The van der Waals surface area contributed by atoms with Gasteiger partial charge in [0.15, 0.2) is 6.61 Å². The van der Waals surface area contributed by atoms with Crippen LogP contribution in [0.1, 0.15) is 19.5 Å². The van der Waals surface area contributed by atoms with E-state index in [9.17, 15) is 9.59 Å². The highest BCUT2D eigenvalue weighted by molar-refractivity contribution is 7.13. The van der Waals surface area contributed by atoms with E-state index in [2.05, 4.69) is 15.6 Å². The van der Waals surface area contributed by atoms with Crippen LogP contribution in [-0.4, -0.2) is 36.6 Å². The van der Waals surface area contributed by atoms with Crippen LogP contribution in [0.3, 0.4) is 0 Å². The second kappa shape index (κ2) is 11.1. The first-order valence-electron chi connectivity index (χ1n) is 10.0. The van der Waals surface area contributed by atoms with Crippen LogP contribution in [0.25, 0.3) is 10.6 Å². The van der Waals surface area contributed by atoms with Crippen molar-refractivity contribution in [3.8, 4) is 22.1 Å². The van der Waals surface area contributed by atoms with Crippen molar-refractivity contribution >= 4 is 28.8 Å². The second-order valence-electron chi connectivity index (χ2n) is 6.57. The van der Waals surface area contributed by atoms with E-state index < -0.39 is 0 Å². The van der Waals surface area contributed by atoms with Crippen molar-refractivity contribution in [2.75, 3.05) is 25.1 Å². The Labute approximate surface area is 185 Å². The van der Waals surface area contributed by atoms with Crippen molar-refractivity contribution in [2.45, 2.75) is 20.3 Å². The summed E-state index contributed by atoms with van der Waals surface area (Å²) < 4.78 is 11.1. The van der Waals surface area contributed by atoms with Gasteiger partial charge in [0.1, 0.15) is 16.5 Å². The van der Waals surface area contributed by atoms with Crippen molar-refractivity contribution < 1.29 is 19.1 Å². The van der Waals surface area contributed by atoms with E-state index in [1.54, 1.807) is 24.3 Å². The summed E-state index contributed by atoms with van der Waals surface area (Å²) in [6, 6.07) is 14.7. The van der Waals surface area contributed by atoms with Crippen molar-refractivity contribution in [3.63, 3.8) is 0 Å². The molecule has 3 aromatic rings. The van der Waals surface area contributed by atoms with Crippen molar-refractivity contribution in [1.82, 2.24) is 10.3 Å². The van der Waals surface area contributed by atoms with Gasteiger partial charge in [0, 0.05) is 23.7 Å². The summed E-state index contributed by atoms with van der Waals surface area (Å²) in [5.74, 6) is 0.908. The third-order valence-corrected chi connectivity index (χ3v) is 5.10. The van der Waals surface area contributed by atoms with E-state index in [-0.39, 0.29) is 24.8 Å².